The van der Waals surface area contributed by atoms with Crippen LogP contribution >= 0.6 is 34.4 Å². The number of imide groups is 1. The first-order chi connectivity index (χ1) is 45.5. The average molecular weight is 1460 g/mol. The minimum Gasteiger partial charge on any atom is -0.494 e. The standard InChI is InChI=1S/C65H89F2IN12O14S/c1-69-36-49-35-65(66,67)44-80(49)58(84)37-72-63(92)51-17-21-70-53-16-15-50(33-52(51)53)94-32-5-3-7-46-18-22-78(23-19-46)59(85)39-79-57(83)34-54(64(79)93)95-43-48(9-2-4-20-71-55(81)10-6-8-45-11-13-47(68)14-12-45)73-56(82)38-74-24-26-75(40-60(86)87)28-30-77(42-62(90)91)31-29-76(27-25-74)41-61(88)89/h11-17,21,33,36,46,48-49,54H,2-10,18-20,22-32,34-35,37-44H2,1H3,(H,71,81)(H,72,92)(H,73,82)(H,86,87)(H,88,89)(H,90,91)/t48?,49-,54?/m1/s1. The molecule has 5 heterocycles. The molecule has 3 atom stereocenters. The summed E-state index contributed by atoms with van der Waals surface area (Å²) in [6, 6.07) is 13.5. The minimum atomic E-state index is -3.06. The molecule has 0 saturated carbocycles. The smallest absolute Gasteiger partial charge is 0.317 e. The predicted octanol–water partition coefficient (Wildman–Crippen LogP) is 3.42. The van der Waals surface area contributed by atoms with Crippen LogP contribution in [0.3, 0.4) is 0 Å². The molecular weight excluding hydrogens is 1370 g/mol. The fourth-order valence-electron chi connectivity index (χ4n) is 12.2. The van der Waals surface area contributed by atoms with Gasteiger partial charge in [0.2, 0.25) is 35.4 Å². The molecule has 4 saturated heterocycles. The van der Waals surface area contributed by atoms with Crippen molar-refractivity contribution in [1.82, 2.24) is 55.2 Å². The highest BCUT2D eigenvalue weighted by Crippen LogP contribution is 2.32. The zero-order valence-corrected chi connectivity index (χ0v) is 56.8. The highest BCUT2D eigenvalue weighted by Gasteiger charge is 2.46. The lowest BCUT2D eigenvalue weighted by atomic mass is 9.91. The lowest BCUT2D eigenvalue weighted by molar-refractivity contribution is -0.146. The van der Waals surface area contributed by atoms with Gasteiger partial charge in [-0.15, -0.1) is 11.8 Å². The van der Waals surface area contributed by atoms with Gasteiger partial charge in [-0.25, -0.2) is 8.78 Å². The lowest BCUT2D eigenvalue weighted by Crippen LogP contribution is -2.50. The molecule has 3 aromatic rings. The van der Waals surface area contributed by atoms with Gasteiger partial charge in [0.15, 0.2) is 0 Å². The molecule has 1 aromatic heterocycles. The maximum Gasteiger partial charge on any atom is 0.317 e. The van der Waals surface area contributed by atoms with Crippen molar-refractivity contribution >= 4 is 111 Å². The van der Waals surface area contributed by atoms with Crippen molar-refractivity contribution in [2.45, 2.75) is 107 Å². The first-order valence-corrected chi connectivity index (χ1v) is 34.6. The molecule has 7 rings (SSSR count). The molecule has 0 spiro atoms. The molecule has 6 N–H and O–H groups in total. The molecule has 2 aromatic carbocycles. The number of nitrogens with zero attached hydrogens (tertiary/aromatic N) is 9. The Morgan fingerprint density at radius 3 is 2.01 bits per heavy atom. The van der Waals surface area contributed by atoms with Gasteiger partial charge in [-0.3, -0.25) is 82.4 Å². The molecule has 520 valence electrons. The van der Waals surface area contributed by atoms with E-state index in [4.69, 9.17) is 4.74 Å². The van der Waals surface area contributed by atoms with Crippen LogP contribution in [-0.2, 0) is 49.6 Å². The minimum absolute atomic E-state index is 0.0651. The molecule has 7 amide bonds. The van der Waals surface area contributed by atoms with E-state index in [1.807, 2.05) is 17.0 Å². The van der Waals surface area contributed by atoms with Crippen LogP contribution < -0.4 is 20.7 Å². The normalized spacial score (nSPS) is 19.3. The number of ether oxygens (including phenoxy) is 1. The van der Waals surface area contributed by atoms with E-state index in [1.54, 1.807) is 37.8 Å². The number of aromatic nitrogens is 1. The number of rotatable bonds is 33. The number of carboxylic acid groups (broad SMARTS) is 3. The molecular formula is C65H89F2IN12O14S. The van der Waals surface area contributed by atoms with Crippen LogP contribution in [0, 0.1) is 9.49 Å². The fraction of sp³-hybridized carbons (Fsp3) is 0.600. The van der Waals surface area contributed by atoms with Gasteiger partial charge in [0.1, 0.15) is 12.3 Å². The van der Waals surface area contributed by atoms with Gasteiger partial charge in [0.25, 0.3) is 11.8 Å². The lowest BCUT2D eigenvalue weighted by Gasteiger charge is -2.33. The van der Waals surface area contributed by atoms with Gasteiger partial charge in [-0.1, -0.05) is 18.6 Å². The molecule has 95 heavy (non-hydrogen) atoms. The number of hydrogen-bond acceptors (Lipinski definition) is 18. The largest absolute Gasteiger partial charge is 0.494 e. The summed E-state index contributed by atoms with van der Waals surface area (Å²) in [5.74, 6) is -8.10. The van der Waals surface area contributed by atoms with Crippen LogP contribution in [0.25, 0.3) is 10.9 Å². The fourth-order valence-corrected chi connectivity index (χ4v) is 13.8. The first-order valence-electron chi connectivity index (χ1n) is 32.5. The van der Waals surface area contributed by atoms with E-state index in [2.05, 4.69) is 60.7 Å². The Hall–Kier alpha value is -7.00. The number of halogens is 3. The molecule has 4 aliphatic rings. The summed E-state index contributed by atoms with van der Waals surface area (Å²) in [5, 5.41) is 37.3. The Morgan fingerprint density at radius 2 is 1.39 bits per heavy atom. The van der Waals surface area contributed by atoms with E-state index in [-0.39, 0.29) is 121 Å². The van der Waals surface area contributed by atoms with Crippen LogP contribution in [0.4, 0.5) is 8.78 Å². The number of nitrogens with one attached hydrogen (secondary N) is 3. The average Bonchev–Trinajstić information content (AvgIpc) is 1.54. The molecule has 30 heteroatoms. The second-order valence-electron chi connectivity index (χ2n) is 24.7. The monoisotopic (exact) mass is 1460 g/mol. The Kier molecular flexibility index (Phi) is 30.2. The number of benzene rings is 2. The maximum absolute atomic E-state index is 14.2. The Balaban J connectivity index is 0.865. The number of aliphatic carboxylic acids is 3. The second-order valence-corrected chi connectivity index (χ2v) is 27.1. The molecule has 4 fully saturated rings. The van der Waals surface area contributed by atoms with Crippen LogP contribution in [0.5, 0.6) is 5.75 Å². The zero-order valence-electron chi connectivity index (χ0n) is 53.8. The van der Waals surface area contributed by atoms with Gasteiger partial charge in [-0.05, 0) is 128 Å². The van der Waals surface area contributed by atoms with Gasteiger partial charge in [0.05, 0.1) is 68.2 Å². The first kappa shape index (κ1) is 75.4. The number of unbranched alkanes of at least 4 members (excludes halogenated alkanes) is 2. The molecule has 0 bridgehead atoms. The number of fused-ring (bicyclic) bond motifs is 1. The van der Waals surface area contributed by atoms with E-state index >= 15 is 0 Å². The third-order valence-electron chi connectivity index (χ3n) is 17.4. The van der Waals surface area contributed by atoms with Crippen molar-refractivity contribution in [3.63, 3.8) is 0 Å². The summed E-state index contributed by atoms with van der Waals surface area (Å²) in [5.41, 5.74) is 1.92. The number of aliphatic imine (C=N–C) groups is 1. The number of hydrogen-bond donors (Lipinski definition) is 6. The summed E-state index contributed by atoms with van der Waals surface area (Å²) in [4.78, 5) is 148. The van der Waals surface area contributed by atoms with Crippen molar-refractivity contribution in [2.24, 2.45) is 10.9 Å². The molecule has 4 aliphatic heterocycles. The van der Waals surface area contributed by atoms with E-state index < -0.39 is 84.3 Å². The zero-order chi connectivity index (χ0) is 68.4. The molecule has 26 nitrogen and oxygen atoms in total. The van der Waals surface area contributed by atoms with Crippen LogP contribution in [0.15, 0.2) is 59.7 Å². The van der Waals surface area contributed by atoms with Gasteiger partial charge in [0, 0.05) is 131 Å². The summed E-state index contributed by atoms with van der Waals surface area (Å²) in [7, 11) is 1.44. The van der Waals surface area contributed by atoms with Crippen molar-refractivity contribution in [1.29, 1.82) is 0 Å². The number of likely N-dealkylation sites (tertiary alicyclic amines) is 3. The number of pyridine rings is 1. The summed E-state index contributed by atoms with van der Waals surface area (Å²) < 4.78 is 35.5. The van der Waals surface area contributed by atoms with E-state index in [1.165, 1.54) is 37.3 Å². The third-order valence-corrected chi connectivity index (χ3v) is 19.5. The quantitative estimate of drug-likeness (QED) is 0.0220. The van der Waals surface area contributed by atoms with Crippen molar-refractivity contribution in [2.75, 3.05) is 137 Å². The second kappa shape index (κ2) is 38.1. The van der Waals surface area contributed by atoms with E-state index in [0.717, 1.165) is 57.5 Å². The summed E-state index contributed by atoms with van der Waals surface area (Å²) in [6.45, 7) is 0.831. The number of carbonyl (C=O) groups excluding carboxylic acids is 7. The number of alkyl halides is 2. The van der Waals surface area contributed by atoms with Gasteiger partial charge >= 0.3 is 17.9 Å². The Bertz CT molecular complexity index is 3130. The topological polar surface area (TPSA) is 325 Å². The number of piperidine rings is 1. The Labute approximate surface area is 569 Å². The summed E-state index contributed by atoms with van der Waals surface area (Å²) in [6.07, 6.45) is 9.54. The molecule has 2 unspecified atom stereocenters. The highest BCUT2D eigenvalue weighted by atomic mass is 127. The predicted molar refractivity (Wildman–Crippen MR) is 359 cm³/mol. The number of thioether (sulfide) groups is 1. The SMILES string of the molecule is CN=C[C@H]1CC(F)(F)CN1C(=O)CNC(=O)c1ccnc2ccc(OCCCCC3CCN(C(=O)CN4C(=O)CC(SCC(CCCCNC(=O)CCCc5ccc(I)cc5)NC(=O)CN5CCN(CC(=O)O)CCN(CC(=O)O)CCN(CC(=O)O)CC5)C4=O)CC3)cc12. The number of amides is 7. The van der Waals surface area contributed by atoms with Crippen LogP contribution in [-0.4, -0.2) is 281 Å². The highest BCUT2D eigenvalue weighted by molar-refractivity contribution is 14.1. The summed E-state index contributed by atoms with van der Waals surface area (Å²) >= 11 is 3.48. The molecule has 0 aliphatic carbocycles. The van der Waals surface area contributed by atoms with E-state index in [9.17, 15) is 72.0 Å². The third kappa shape index (κ3) is 25.5. The van der Waals surface area contributed by atoms with E-state index in [0.29, 0.717) is 80.9 Å². The molecule has 0 radical (unpaired) electrons. The number of aryl methyl sites for hydroxylation is 1. The number of carbonyl (C=O) groups is 10. The van der Waals surface area contributed by atoms with Crippen LogP contribution in [0.2, 0.25) is 0 Å². The van der Waals surface area contributed by atoms with Crippen molar-refractivity contribution in [3.8, 4) is 5.75 Å². The number of carboxylic acids is 3. The van der Waals surface area contributed by atoms with Crippen LogP contribution in [0.1, 0.15) is 93.0 Å². The Morgan fingerprint density at radius 1 is 0.758 bits per heavy atom. The van der Waals surface area contributed by atoms with Crippen molar-refractivity contribution < 1.29 is 76.8 Å². The maximum atomic E-state index is 14.2. The van der Waals surface area contributed by atoms with Gasteiger partial charge in [-0.2, -0.15) is 0 Å². The van der Waals surface area contributed by atoms with Crippen molar-refractivity contribution in [3.05, 3.63) is 69.4 Å². The van der Waals surface area contributed by atoms with Gasteiger partial charge < -0.3 is 45.8 Å².